The Labute approximate surface area is 168 Å². The fraction of sp³-hybridized carbons (Fsp3) is 0.227. The van der Waals surface area contributed by atoms with Gasteiger partial charge in [0.15, 0.2) is 0 Å². The van der Waals surface area contributed by atoms with E-state index in [1.54, 1.807) is 18.2 Å². The molecular formula is C22H21N3O4. The van der Waals surface area contributed by atoms with Crippen molar-refractivity contribution in [2.75, 3.05) is 36.1 Å². The van der Waals surface area contributed by atoms with E-state index in [-0.39, 0.29) is 5.57 Å². The summed E-state index contributed by atoms with van der Waals surface area (Å²) in [7, 11) is 0. The number of urea groups is 1. The van der Waals surface area contributed by atoms with Gasteiger partial charge in [0.25, 0.3) is 11.8 Å². The molecule has 0 unspecified atom stereocenters. The molecule has 1 N–H and O–H groups in total. The minimum Gasteiger partial charge on any atom is -0.378 e. The normalized spacial score (nSPS) is 18.9. The number of carbonyl (C=O) groups is 3. The summed E-state index contributed by atoms with van der Waals surface area (Å²) in [5.41, 5.74) is 2.80. The van der Waals surface area contributed by atoms with Crippen LogP contribution in [0.5, 0.6) is 0 Å². The average molecular weight is 391 g/mol. The fourth-order valence-corrected chi connectivity index (χ4v) is 3.55. The Hall–Kier alpha value is -3.45. The highest BCUT2D eigenvalue weighted by atomic mass is 16.5. The van der Waals surface area contributed by atoms with Crippen molar-refractivity contribution < 1.29 is 19.1 Å². The summed E-state index contributed by atoms with van der Waals surface area (Å²) >= 11 is 0. The quantitative estimate of drug-likeness (QED) is 0.642. The summed E-state index contributed by atoms with van der Waals surface area (Å²) in [6, 6.07) is 13.9. The van der Waals surface area contributed by atoms with Crippen LogP contribution in [0.25, 0.3) is 6.08 Å². The van der Waals surface area contributed by atoms with E-state index in [9.17, 15) is 14.4 Å². The number of rotatable bonds is 3. The van der Waals surface area contributed by atoms with Crippen molar-refractivity contribution in [3.8, 4) is 0 Å². The Morgan fingerprint density at radius 3 is 2.31 bits per heavy atom. The molecule has 0 aliphatic carbocycles. The number of hydrogen-bond donors (Lipinski definition) is 1. The molecular weight excluding hydrogens is 370 g/mol. The first kappa shape index (κ1) is 18.9. The minimum absolute atomic E-state index is 0.0754. The number of nitrogens with one attached hydrogen (secondary N) is 1. The van der Waals surface area contributed by atoms with E-state index in [0.29, 0.717) is 18.9 Å². The van der Waals surface area contributed by atoms with Crippen LogP contribution in [0.4, 0.5) is 16.2 Å². The summed E-state index contributed by atoms with van der Waals surface area (Å²) in [4.78, 5) is 41.2. The fourth-order valence-electron chi connectivity index (χ4n) is 3.55. The standard InChI is InChI=1S/C22H21N3O4/c1-15-6-2-4-8-18(15)25-21(27)17(20(26)23-22(25)28)14-16-7-3-5-9-19(16)24-10-12-29-13-11-24/h2-9,14H,10-13H2,1H3,(H,23,26,28)/b17-14-. The molecule has 0 spiro atoms. The van der Waals surface area contributed by atoms with Crippen molar-refractivity contribution in [1.82, 2.24) is 5.32 Å². The average Bonchev–Trinajstić information content (AvgIpc) is 2.73. The third-order valence-electron chi connectivity index (χ3n) is 5.05. The molecule has 4 rings (SSSR count). The van der Waals surface area contributed by atoms with Gasteiger partial charge in [-0.05, 0) is 36.3 Å². The van der Waals surface area contributed by atoms with Gasteiger partial charge in [0.2, 0.25) is 0 Å². The molecule has 0 atom stereocenters. The number of ether oxygens (including phenoxy) is 1. The van der Waals surface area contributed by atoms with Crippen LogP contribution in [0, 0.1) is 6.92 Å². The summed E-state index contributed by atoms with van der Waals surface area (Å²) in [6.45, 7) is 4.52. The number of hydrogen-bond acceptors (Lipinski definition) is 5. The van der Waals surface area contributed by atoms with Gasteiger partial charge in [0.1, 0.15) is 5.57 Å². The molecule has 0 bridgehead atoms. The maximum absolute atomic E-state index is 13.1. The summed E-state index contributed by atoms with van der Waals surface area (Å²) in [6.07, 6.45) is 1.56. The van der Waals surface area contributed by atoms with Gasteiger partial charge >= 0.3 is 6.03 Å². The molecule has 29 heavy (non-hydrogen) atoms. The van der Waals surface area contributed by atoms with Crippen LogP contribution >= 0.6 is 0 Å². The van der Waals surface area contributed by atoms with Gasteiger partial charge in [0, 0.05) is 18.8 Å². The Kier molecular flexibility index (Phi) is 5.14. The number of anilines is 2. The van der Waals surface area contributed by atoms with Crippen LogP contribution in [-0.2, 0) is 14.3 Å². The zero-order chi connectivity index (χ0) is 20.4. The van der Waals surface area contributed by atoms with Crippen molar-refractivity contribution in [2.45, 2.75) is 6.92 Å². The van der Waals surface area contributed by atoms with Crippen LogP contribution in [0.3, 0.4) is 0 Å². The lowest BCUT2D eigenvalue weighted by molar-refractivity contribution is -0.122. The maximum atomic E-state index is 13.1. The molecule has 2 aromatic rings. The molecule has 7 nitrogen and oxygen atoms in total. The summed E-state index contributed by atoms with van der Waals surface area (Å²) < 4.78 is 5.41. The predicted octanol–water partition coefficient (Wildman–Crippen LogP) is 2.50. The van der Waals surface area contributed by atoms with Crippen LogP contribution in [0.15, 0.2) is 54.1 Å². The Morgan fingerprint density at radius 1 is 0.931 bits per heavy atom. The third-order valence-corrected chi connectivity index (χ3v) is 5.05. The molecule has 0 saturated carbocycles. The smallest absolute Gasteiger partial charge is 0.335 e. The van der Waals surface area contributed by atoms with Crippen molar-refractivity contribution in [1.29, 1.82) is 0 Å². The van der Waals surface area contributed by atoms with E-state index in [0.717, 1.165) is 34.8 Å². The van der Waals surface area contributed by atoms with Gasteiger partial charge in [-0.1, -0.05) is 36.4 Å². The molecule has 4 amide bonds. The minimum atomic E-state index is -0.743. The molecule has 2 saturated heterocycles. The lowest BCUT2D eigenvalue weighted by Gasteiger charge is -2.31. The molecule has 148 valence electrons. The summed E-state index contributed by atoms with van der Waals surface area (Å²) in [5, 5.41) is 2.28. The van der Waals surface area contributed by atoms with Crippen LogP contribution < -0.4 is 15.1 Å². The van der Waals surface area contributed by atoms with E-state index in [1.807, 2.05) is 43.3 Å². The first-order chi connectivity index (χ1) is 14.1. The number of aryl methyl sites for hydroxylation is 1. The second kappa shape index (κ2) is 7.89. The lowest BCUT2D eigenvalue weighted by Crippen LogP contribution is -2.54. The topological polar surface area (TPSA) is 79.0 Å². The number of barbiturate groups is 1. The number of amides is 4. The SMILES string of the molecule is Cc1ccccc1N1C(=O)NC(=O)/C(=C/c2ccccc2N2CCOCC2)C1=O. The van der Waals surface area contributed by atoms with Crippen LogP contribution in [0.2, 0.25) is 0 Å². The molecule has 0 radical (unpaired) electrons. The predicted molar refractivity (Wildman–Crippen MR) is 110 cm³/mol. The van der Waals surface area contributed by atoms with E-state index in [1.165, 1.54) is 0 Å². The largest absolute Gasteiger partial charge is 0.378 e. The number of imide groups is 2. The highest BCUT2D eigenvalue weighted by molar-refractivity contribution is 6.39. The zero-order valence-electron chi connectivity index (χ0n) is 16.1. The molecule has 2 aromatic carbocycles. The van der Waals surface area contributed by atoms with Gasteiger partial charge in [-0.2, -0.15) is 0 Å². The Morgan fingerprint density at radius 2 is 1.59 bits per heavy atom. The van der Waals surface area contributed by atoms with E-state index in [2.05, 4.69) is 10.2 Å². The Bertz CT molecular complexity index is 1010. The molecule has 2 aliphatic rings. The zero-order valence-corrected chi connectivity index (χ0v) is 16.1. The van der Waals surface area contributed by atoms with Crippen molar-refractivity contribution in [3.05, 3.63) is 65.2 Å². The third kappa shape index (κ3) is 3.64. The molecule has 0 aromatic heterocycles. The number of carbonyl (C=O) groups excluding carboxylic acids is 3. The van der Waals surface area contributed by atoms with Gasteiger partial charge < -0.3 is 9.64 Å². The number of benzene rings is 2. The highest BCUT2D eigenvalue weighted by Crippen LogP contribution is 2.28. The van der Waals surface area contributed by atoms with Gasteiger partial charge in [-0.25, -0.2) is 9.69 Å². The highest BCUT2D eigenvalue weighted by Gasteiger charge is 2.37. The van der Waals surface area contributed by atoms with Crippen LogP contribution in [0.1, 0.15) is 11.1 Å². The van der Waals surface area contributed by atoms with Crippen molar-refractivity contribution in [3.63, 3.8) is 0 Å². The molecule has 2 fully saturated rings. The molecule has 7 heteroatoms. The van der Waals surface area contributed by atoms with Gasteiger partial charge in [-0.15, -0.1) is 0 Å². The van der Waals surface area contributed by atoms with Crippen molar-refractivity contribution in [2.24, 2.45) is 0 Å². The number of nitrogens with zero attached hydrogens (tertiary/aromatic N) is 2. The first-order valence-corrected chi connectivity index (χ1v) is 9.45. The first-order valence-electron chi connectivity index (χ1n) is 9.45. The molecule has 2 heterocycles. The maximum Gasteiger partial charge on any atom is 0.335 e. The Balaban J connectivity index is 1.74. The van der Waals surface area contributed by atoms with Crippen molar-refractivity contribution >= 4 is 35.3 Å². The van der Waals surface area contributed by atoms with E-state index >= 15 is 0 Å². The monoisotopic (exact) mass is 391 g/mol. The van der Waals surface area contributed by atoms with Crippen LogP contribution in [-0.4, -0.2) is 44.1 Å². The number of para-hydroxylation sites is 2. The summed E-state index contributed by atoms with van der Waals surface area (Å²) in [5.74, 6) is -1.33. The second-order valence-electron chi connectivity index (χ2n) is 6.90. The lowest BCUT2D eigenvalue weighted by atomic mass is 10.0. The van der Waals surface area contributed by atoms with E-state index in [4.69, 9.17) is 4.74 Å². The molecule has 2 aliphatic heterocycles. The second-order valence-corrected chi connectivity index (χ2v) is 6.90. The van der Waals surface area contributed by atoms with Gasteiger partial charge in [-0.3, -0.25) is 14.9 Å². The van der Waals surface area contributed by atoms with E-state index < -0.39 is 17.8 Å². The number of morpholine rings is 1. The van der Waals surface area contributed by atoms with Gasteiger partial charge in [0.05, 0.1) is 18.9 Å².